The predicted octanol–water partition coefficient (Wildman–Crippen LogP) is 9.22. The van der Waals surface area contributed by atoms with Gasteiger partial charge in [-0.15, -0.1) is 0 Å². The predicted molar refractivity (Wildman–Crippen MR) is 140 cm³/mol. The fraction of sp³-hybridized carbons (Fsp3) is 0.645. The fourth-order valence-corrected chi connectivity index (χ4v) is 4.61. The molecule has 0 radical (unpaired) electrons. The molecule has 0 saturated heterocycles. The topological polar surface area (TPSA) is 3.88 Å². The van der Waals surface area contributed by atoms with Gasteiger partial charge in [0.15, 0.2) is 18.9 Å². The van der Waals surface area contributed by atoms with E-state index in [0.29, 0.717) is 0 Å². The smallest absolute Gasteiger partial charge is 0.173 e. The number of nitrogens with zero attached hydrogens (tertiary/aromatic N) is 1. The SMILES string of the molecule is CCCCCCCCCCCCCCCCCCCc1cc[n+](Cc2ccccc2)cc1. The first kappa shape index (κ1) is 26.6. The van der Waals surface area contributed by atoms with E-state index in [9.17, 15) is 0 Å². The number of aromatic nitrogens is 1. The van der Waals surface area contributed by atoms with E-state index in [2.05, 4.69) is 66.3 Å². The Balaban J connectivity index is 1.34. The number of aryl methyl sites for hydroxylation is 1. The summed E-state index contributed by atoms with van der Waals surface area (Å²) >= 11 is 0. The lowest BCUT2D eigenvalue weighted by Gasteiger charge is -2.04. The third kappa shape index (κ3) is 13.7. The Morgan fingerprint density at radius 2 is 0.906 bits per heavy atom. The van der Waals surface area contributed by atoms with Crippen molar-refractivity contribution < 1.29 is 4.57 Å². The molecule has 1 aromatic carbocycles. The van der Waals surface area contributed by atoms with Crippen LogP contribution >= 0.6 is 0 Å². The quantitative estimate of drug-likeness (QED) is 0.144. The Labute approximate surface area is 199 Å². The molecule has 0 N–H and O–H groups in total. The summed E-state index contributed by atoms with van der Waals surface area (Å²) in [7, 11) is 0. The molecule has 1 aromatic heterocycles. The van der Waals surface area contributed by atoms with Crippen LogP contribution in [0.5, 0.6) is 0 Å². The molecule has 1 heteroatoms. The molecule has 0 unspecified atom stereocenters. The Kier molecular flexibility index (Phi) is 15.7. The van der Waals surface area contributed by atoms with Gasteiger partial charge in [0.2, 0.25) is 0 Å². The van der Waals surface area contributed by atoms with Crippen LogP contribution in [-0.2, 0) is 13.0 Å². The molecule has 0 bridgehead atoms. The van der Waals surface area contributed by atoms with Crippen molar-refractivity contribution in [2.45, 2.75) is 129 Å². The van der Waals surface area contributed by atoms with Crippen molar-refractivity contribution in [3.8, 4) is 0 Å². The monoisotopic (exact) mass is 436 g/mol. The van der Waals surface area contributed by atoms with E-state index in [1.165, 1.54) is 127 Å². The zero-order valence-corrected chi connectivity index (χ0v) is 21.1. The molecule has 0 spiro atoms. The Morgan fingerprint density at radius 1 is 0.469 bits per heavy atom. The molecule has 0 atom stereocenters. The fourth-order valence-electron chi connectivity index (χ4n) is 4.61. The van der Waals surface area contributed by atoms with E-state index in [4.69, 9.17) is 0 Å². The van der Waals surface area contributed by atoms with Gasteiger partial charge in [-0.3, -0.25) is 0 Å². The van der Waals surface area contributed by atoms with Crippen LogP contribution in [0.4, 0.5) is 0 Å². The molecule has 0 amide bonds. The molecular weight excluding hydrogens is 386 g/mol. The molecule has 0 aliphatic carbocycles. The first-order valence-corrected chi connectivity index (χ1v) is 13.9. The molecule has 0 aliphatic heterocycles. The Bertz CT molecular complexity index is 646. The van der Waals surface area contributed by atoms with Gasteiger partial charge in [-0.1, -0.05) is 140 Å². The molecule has 0 aliphatic rings. The average Bonchev–Trinajstić information content (AvgIpc) is 2.83. The van der Waals surface area contributed by atoms with Crippen molar-refractivity contribution in [1.29, 1.82) is 0 Å². The van der Waals surface area contributed by atoms with Gasteiger partial charge in [0.25, 0.3) is 0 Å². The van der Waals surface area contributed by atoms with Crippen molar-refractivity contribution in [2.75, 3.05) is 0 Å². The molecule has 0 saturated carbocycles. The molecule has 0 fully saturated rings. The van der Waals surface area contributed by atoms with Crippen molar-refractivity contribution in [2.24, 2.45) is 0 Å². The van der Waals surface area contributed by atoms with Crippen LogP contribution in [0.3, 0.4) is 0 Å². The van der Waals surface area contributed by atoms with Gasteiger partial charge in [0, 0.05) is 17.7 Å². The normalized spacial score (nSPS) is 11.2. The highest BCUT2D eigenvalue weighted by atomic mass is 14.9. The second kappa shape index (κ2) is 18.9. The second-order valence-electron chi connectivity index (χ2n) is 9.77. The Hall–Kier alpha value is -1.63. The minimum absolute atomic E-state index is 0.959. The highest BCUT2D eigenvalue weighted by molar-refractivity contribution is 5.13. The van der Waals surface area contributed by atoms with Crippen LogP contribution in [0.25, 0.3) is 0 Å². The minimum Gasteiger partial charge on any atom is -0.201 e. The highest BCUT2D eigenvalue weighted by Crippen LogP contribution is 2.14. The third-order valence-corrected chi connectivity index (χ3v) is 6.74. The van der Waals surface area contributed by atoms with Crippen molar-refractivity contribution >= 4 is 0 Å². The lowest BCUT2D eigenvalue weighted by Crippen LogP contribution is -2.33. The molecule has 2 rings (SSSR count). The van der Waals surface area contributed by atoms with Crippen LogP contribution < -0.4 is 4.57 Å². The maximum absolute atomic E-state index is 2.30. The standard InChI is InChI=1S/C31H50N/c1-2-3-4-5-6-7-8-9-10-11-12-13-14-15-16-17-19-22-30-25-27-32(28-26-30)29-31-23-20-18-21-24-31/h18,20-21,23-28H,2-17,19,22,29H2,1H3/q+1. The summed E-state index contributed by atoms with van der Waals surface area (Å²) in [5.74, 6) is 0. The summed E-state index contributed by atoms with van der Waals surface area (Å²) < 4.78 is 2.27. The number of unbranched alkanes of at least 4 members (excludes halogenated alkanes) is 16. The van der Waals surface area contributed by atoms with E-state index >= 15 is 0 Å². The van der Waals surface area contributed by atoms with Crippen LogP contribution in [0.15, 0.2) is 54.9 Å². The molecule has 178 valence electrons. The zero-order chi connectivity index (χ0) is 22.5. The van der Waals surface area contributed by atoms with Crippen LogP contribution in [0.2, 0.25) is 0 Å². The van der Waals surface area contributed by atoms with Gasteiger partial charge >= 0.3 is 0 Å². The summed E-state index contributed by atoms with van der Waals surface area (Å²) in [6, 6.07) is 15.3. The molecular formula is C31H50N+. The number of benzene rings is 1. The minimum atomic E-state index is 0.959. The lowest BCUT2D eigenvalue weighted by atomic mass is 10.0. The van der Waals surface area contributed by atoms with E-state index in [-0.39, 0.29) is 0 Å². The van der Waals surface area contributed by atoms with E-state index in [1.54, 1.807) is 0 Å². The summed E-state index contributed by atoms with van der Waals surface area (Å²) in [6.07, 6.45) is 30.2. The second-order valence-corrected chi connectivity index (χ2v) is 9.77. The summed E-state index contributed by atoms with van der Waals surface area (Å²) in [5.41, 5.74) is 2.84. The van der Waals surface area contributed by atoms with Crippen molar-refractivity contribution in [3.05, 3.63) is 66.0 Å². The maximum Gasteiger partial charge on any atom is 0.173 e. The molecule has 32 heavy (non-hydrogen) atoms. The van der Waals surface area contributed by atoms with Gasteiger partial charge < -0.3 is 0 Å². The van der Waals surface area contributed by atoms with Crippen molar-refractivity contribution in [1.82, 2.24) is 0 Å². The largest absolute Gasteiger partial charge is 0.201 e. The molecule has 2 aromatic rings. The van der Waals surface area contributed by atoms with Gasteiger partial charge in [0.05, 0.1) is 0 Å². The Morgan fingerprint density at radius 3 is 1.38 bits per heavy atom. The van der Waals surface area contributed by atoms with Crippen LogP contribution in [0.1, 0.15) is 127 Å². The number of pyridine rings is 1. The maximum atomic E-state index is 2.30. The third-order valence-electron chi connectivity index (χ3n) is 6.74. The number of hydrogen-bond acceptors (Lipinski definition) is 0. The summed E-state index contributed by atoms with van der Waals surface area (Å²) in [4.78, 5) is 0. The van der Waals surface area contributed by atoms with Crippen molar-refractivity contribution in [3.63, 3.8) is 0 Å². The highest BCUT2D eigenvalue weighted by Gasteiger charge is 2.03. The van der Waals surface area contributed by atoms with Gasteiger partial charge in [0.1, 0.15) is 0 Å². The number of hydrogen-bond donors (Lipinski definition) is 0. The first-order valence-electron chi connectivity index (χ1n) is 13.9. The van der Waals surface area contributed by atoms with E-state index < -0.39 is 0 Å². The number of rotatable bonds is 20. The van der Waals surface area contributed by atoms with Gasteiger partial charge in [-0.2, -0.15) is 0 Å². The van der Waals surface area contributed by atoms with E-state index in [1.807, 2.05) is 0 Å². The van der Waals surface area contributed by atoms with E-state index in [0.717, 1.165) is 6.54 Å². The summed E-state index contributed by atoms with van der Waals surface area (Å²) in [5, 5.41) is 0. The first-order chi connectivity index (χ1) is 15.9. The van der Waals surface area contributed by atoms with Gasteiger partial charge in [-0.05, 0) is 18.4 Å². The molecule has 1 nitrogen and oxygen atoms in total. The lowest BCUT2D eigenvalue weighted by molar-refractivity contribution is -0.688. The van der Waals surface area contributed by atoms with Crippen LogP contribution in [-0.4, -0.2) is 0 Å². The average molecular weight is 437 g/mol. The van der Waals surface area contributed by atoms with Gasteiger partial charge in [-0.25, -0.2) is 4.57 Å². The van der Waals surface area contributed by atoms with Crippen LogP contribution in [0, 0.1) is 0 Å². The zero-order valence-electron chi connectivity index (χ0n) is 21.1. The summed E-state index contributed by atoms with van der Waals surface area (Å²) in [6.45, 7) is 3.26. The molecule has 1 heterocycles.